The molecule has 2 aliphatic rings. The van der Waals surface area contributed by atoms with Gasteiger partial charge in [-0.1, -0.05) is 23.2 Å². The number of rotatable bonds is 4. The van der Waals surface area contributed by atoms with Crippen LogP contribution in [0.1, 0.15) is 36.3 Å². The van der Waals surface area contributed by atoms with Gasteiger partial charge in [0.2, 0.25) is 17.6 Å². The van der Waals surface area contributed by atoms with Gasteiger partial charge in [0.1, 0.15) is 0 Å². The maximum atomic E-state index is 13.4. The number of anilines is 1. The van der Waals surface area contributed by atoms with E-state index in [1.807, 2.05) is 4.98 Å². The molecular weight excluding hydrogens is 497 g/mol. The largest absolute Gasteiger partial charge is 0.434 e. The van der Waals surface area contributed by atoms with Crippen LogP contribution in [0.2, 0.25) is 10.0 Å². The molecule has 1 saturated carbocycles. The van der Waals surface area contributed by atoms with Gasteiger partial charge in [-0.3, -0.25) is 14.6 Å². The van der Waals surface area contributed by atoms with Gasteiger partial charge >= 0.3 is 5.69 Å². The second-order valence-corrected chi connectivity index (χ2v) is 9.13. The Hall–Kier alpha value is -3.25. The number of alkyl halides is 2. The van der Waals surface area contributed by atoms with Crippen molar-refractivity contribution < 1.29 is 13.5 Å². The molecular formula is C20H16Cl2F2N6O4. The van der Waals surface area contributed by atoms with Crippen molar-refractivity contribution in [2.45, 2.75) is 37.5 Å². The normalized spacial score (nSPS) is 19.0. The quantitative estimate of drug-likeness (QED) is 0.486. The van der Waals surface area contributed by atoms with Crippen LogP contribution in [0.3, 0.4) is 0 Å². The van der Waals surface area contributed by atoms with Crippen molar-refractivity contribution in [3.8, 4) is 17.3 Å². The van der Waals surface area contributed by atoms with Crippen LogP contribution >= 0.6 is 23.2 Å². The summed E-state index contributed by atoms with van der Waals surface area (Å²) in [6, 6.07) is 2.64. The molecule has 4 N–H and O–H groups in total. The maximum Gasteiger partial charge on any atom is 0.349 e. The van der Waals surface area contributed by atoms with Crippen LogP contribution in [0.5, 0.6) is 11.6 Å². The van der Waals surface area contributed by atoms with E-state index in [0.29, 0.717) is 24.0 Å². The van der Waals surface area contributed by atoms with E-state index in [9.17, 15) is 23.2 Å². The van der Waals surface area contributed by atoms with E-state index >= 15 is 0 Å². The summed E-state index contributed by atoms with van der Waals surface area (Å²) in [4.78, 5) is 38.0. The van der Waals surface area contributed by atoms with Crippen LogP contribution < -0.4 is 27.3 Å². The van der Waals surface area contributed by atoms with Crippen LogP contribution in [0.25, 0.3) is 5.69 Å². The van der Waals surface area contributed by atoms with Crippen molar-refractivity contribution >= 4 is 29.0 Å². The van der Waals surface area contributed by atoms with E-state index in [-0.39, 0.29) is 52.0 Å². The van der Waals surface area contributed by atoms with Crippen LogP contribution in [-0.4, -0.2) is 30.9 Å². The van der Waals surface area contributed by atoms with Crippen molar-refractivity contribution in [3.63, 3.8) is 0 Å². The van der Waals surface area contributed by atoms with Crippen molar-refractivity contribution in [1.82, 2.24) is 25.0 Å². The van der Waals surface area contributed by atoms with Gasteiger partial charge in [-0.05, 0) is 36.8 Å². The van der Waals surface area contributed by atoms with Crippen LogP contribution in [0.15, 0.2) is 26.5 Å². The molecule has 2 aliphatic carbocycles. The highest BCUT2D eigenvalue weighted by Gasteiger charge is 2.50. The minimum Gasteiger partial charge on any atom is -0.434 e. The molecule has 1 aromatic carbocycles. The lowest BCUT2D eigenvalue weighted by Gasteiger charge is -2.38. The highest BCUT2D eigenvalue weighted by atomic mass is 35.5. The number of benzene rings is 1. The molecule has 0 saturated heterocycles. The number of aromatic nitrogens is 5. The van der Waals surface area contributed by atoms with Gasteiger partial charge in [0, 0.05) is 24.0 Å². The smallest absolute Gasteiger partial charge is 0.349 e. The summed E-state index contributed by atoms with van der Waals surface area (Å²) in [6.45, 7) is 0. The first-order valence-electron chi connectivity index (χ1n) is 10.2. The summed E-state index contributed by atoms with van der Waals surface area (Å²) < 4.78 is 33.4. The van der Waals surface area contributed by atoms with Crippen molar-refractivity contribution in [3.05, 3.63) is 64.5 Å². The van der Waals surface area contributed by atoms with E-state index in [1.54, 1.807) is 0 Å². The number of nitrogens with zero attached hydrogens (tertiary/aromatic N) is 3. The zero-order valence-electron chi connectivity index (χ0n) is 17.2. The van der Waals surface area contributed by atoms with E-state index < -0.39 is 28.5 Å². The standard InChI is InChI=1S/C20H16Cl2F2N6O4/c21-11-3-8(30-19(33)26-17(32)15(25)29-30)4-12(22)14(11)34-18-10-2-1-9(7-5-20(23,24)6-7)13(10)16(31)27-28-18/h3-4,7,9H,1-2,5-6H2,(H2,25,29)(H,27,31)(H,26,32,33)/t9-/m1/s1. The Morgan fingerprint density at radius 1 is 1.15 bits per heavy atom. The van der Waals surface area contributed by atoms with E-state index in [0.717, 1.165) is 4.68 Å². The van der Waals surface area contributed by atoms with Gasteiger partial charge in [0.15, 0.2) is 5.75 Å². The Kier molecular flexibility index (Phi) is 5.24. The van der Waals surface area contributed by atoms with Crippen LogP contribution in [0.4, 0.5) is 14.6 Å². The van der Waals surface area contributed by atoms with Gasteiger partial charge in [-0.15, -0.1) is 10.2 Å². The SMILES string of the molecule is Nc1nn(-c2cc(Cl)c(Oc3n[nH]c(=O)c4c3CC[C@@H]4C3CC(F)(F)C3)c(Cl)c2)c(=O)[nH]c1=O. The lowest BCUT2D eigenvalue weighted by atomic mass is 9.71. The Morgan fingerprint density at radius 3 is 2.47 bits per heavy atom. The third kappa shape index (κ3) is 3.76. The fraction of sp³-hybridized carbons (Fsp3) is 0.350. The van der Waals surface area contributed by atoms with Gasteiger partial charge in [0.05, 0.1) is 15.7 Å². The van der Waals surface area contributed by atoms with E-state index in [4.69, 9.17) is 33.7 Å². The summed E-state index contributed by atoms with van der Waals surface area (Å²) >= 11 is 12.7. The Balaban J connectivity index is 1.49. The number of H-pyrrole nitrogens is 2. The summed E-state index contributed by atoms with van der Waals surface area (Å²) in [5, 5.41) is 10.0. The fourth-order valence-electron chi connectivity index (χ4n) is 4.56. The summed E-state index contributed by atoms with van der Waals surface area (Å²) in [7, 11) is 0. The Bertz CT molecular complexity index is 1470. The predicted octanol–water partition coefficient (Wildman–Crippen LogP) is 2.76. The monoisotopic (exact) mass is 512 g/mol. The molecule has 0 spiro atoms. The minimum atomic E-state index is -2.69. The molecule has 178 valence electrons. The van der Waals surface area contributed by atoms with Gasteiger partial charge in [-0.25, -0.2) is 18.7 Å². The molecule has 0 radical (unpaired) electrons. The number of hydrogen-bond acceptors (Lipinski definition) is 7. The first-order valence-corrected chi connectivity index (χ1v) is 11.0. The van der Waals surface area contributed by atoms with Gasteiger partial charge < -0.3 is 10.5 Å². The molecule has 0 unspecified atom stereocenters. The molecule has 1 atom stereocenters. The second-order valence-electron chi connectivity index (χ2n) is 8.32. The maximum absolute atomic E-state index is 13.4. The number of hydrogen-bond donors (Lipinski definition) is 3. The number of fused-ring (bicyclic) bond motifs is 1. The van der Waals surface area contributed by atoms with Gasteiger partial charge in [-0.2, -0.15) is 4.68 Å². The number of halogens is 4. The number of nitrogens with one attached hydrogen (secondary N) is 2. The first-order chi connectivity index (χ1) is 16.0. The number of nitrogens with two attached hydrogens (primary N) is 1. The van der Waals surface area contributed by atoms with Crippen LogP contribution in [-0.2, 0) is 6.42 Å². The Morgan fingerprint density at radius 2 is 1.82 bits per heavy atom. The van der Waals surface area contributed by atoms with Crippen molar-refractivity contribution in [2.75, 3.05) is 5.73 Å². The molecule has 0 aliphatic heterocycles. The third-order valence-corrected chi connectivity index (χ3v) is 6.69. The van der Waals surface area contributed by atoms with Gasteiger partial charge in [0.25, 0.3) is 11.1 Å². The summed E-state index contributed by atoms with van der Waals surface area (Å²) in [6.07, 6.45) is 0.454. The molecule has 2 aromatic heterocycles. The Labute approximate surface area is 198 Å². The molecule has 1 fully saturated rings. The second kappa shape index (κ2) is 7.91. The average Bonchev–Trinajstić information content (AvgIpc) is 3.19. The first kappa shape index (κ1) is 22.5. The number of ether oxygens (including phenoxy) is 1. The number of nitrogen functional groups attached to an aromatic ring is 1. The van der Waals surface area contributed by atoms with Crippen molar-refractivity contribution in [1.29, 1.82) is 0 Å². The molecule has 10 nitrogen and oxygen atoms in total. The molecule has 2 heterocycles. The van der Waals surface area contributed by atoms with E-state index in [2.05, 4.69) is 15.3 Å². The lowest BCUT2D eigenvalue weighted by Crippen LogP contribution is -2.39. The van der Waals surface area contributed by atoms with Crippen molar-refractivity contribution in [2.24, 2.45) is 5.92 Å². The zero-order valence-corrected chi connectivity index (χ0v) is 18.7. The minimum absolute atomic E-state index is 0.00194. The molecule has 0 amide bonds. The summed E-state index contributed by atoms with van der Waals surface area (Å²) in [5.41, 5.74) is 4.38. The average molecular weight is 513 g/mol. The molecule has 0 bridgehead atoms. The van der Waals surface area contributed by atoms with E-state index in [1.165, 1.54) is 12.1 Å². The highest BCUT2D eigenvalue weighted by Crippen LogP contribution is 2.53. The molecule has 34 heavy (non-hydrogen) atoms. The molecule has 14 heteroatoms. The lowest BCUT2D eigenvalue weighted by molar-refractivity contribution is -0.117. The fourth-order valence-corrected chi connectivity index (χ4v) is 5.11. The zero-order chi connectivity index (χ0) is 24.4. The summed E-state index contributed by atoms with van der Waals surface area (Å²) in [5.74, 6) is -3.65. The molecule has 3 aromatic rings. The highest BCUT2D eigenvalue weighted by molar-refractivity contribution is 6.37. The number of aromatic amines is 2. The topological polar surface area (TPSA) is 149 Å². The predicted molar refractivity (Wildman–Crippen MR) is 119 cm³/mol. The third-order valence-electron chi connectivity index (χ3n) is 6.13. The molecule has 5 rings (SSSR count). The van der Waals surface area contributed by atoms with Crippen LogP contribution in [0, 0.1) is 5.92 Å².